The summed E-state index contributed by atoms with van der Waals surface area (Å²) in [5.74, 6) is -5.74. The van der Waals surface area contributed by atoms with Crippen LogP contribution in [0.4, 0.5) is 0 Å². The van der Waals surface area contributed by atoms with E-state index in [1.54, 1.807) is 0 Å². The molecule has 3 heterocycles. The number of rotatable bonds is 11. The van der Waals surface area contributed by atoms with Crippen LogP contribution in [0, 0.1) is 0 Å². The molecule has 3 saturated heterocycles. The number of carbonyl (C=O) groups is 2. The molecule has 20 nitrogen and oxygen atoms in total. The largest absolute Gasteiger partial charge is 0.477 e. The summed E-state index contributed by atoms with van der Waals surface area (Å²) in [5.41, 5.74) is 0. The van der Waals surface area contributed by atoms with Crippen molar-refractivity contribution in [3.05, 3.63) is 0 Å². The Morgan fingerprint density at radius 1 is 0.907 bits per heavy atom. The zero-order chi connectivity index (χ0) is 32.4. The second-order valence-electron chi connectivity index (χ2n) is 10.5. The normalized spacial score (nSPS) is 45.3. The van der Waals surface area contributed by atoms with Gasteiger partial charge in [0.2, 0.25) is 5.91 Å². The number of aliphatic hydroxyl groups excluding tert-OH is 11. The third kappa shape index (κ3) is 7.41. The fourth-order valence-corrected chi connectivity index (χ4v) is 5.16. The Labute approximate surface area is 243 Å². The van der Waals surface area contributed by atoms with E-state index < -0.39 is 136 Å². The van der Waals surface area contributed by atoms with Crippen molar-refractivity contribution in [3.8, 4) is 0 Å². The Kier molecular flexibility index (Phi) is 12.1. The van der Waals surface area contributed by atoms with Crippen LogP contribution in [-0.4, -0.2) is 191 Å². The maximum absolute atomic E-state index is 12.5. The molecule has 1 amide bonds. The number of carboxylic acid groups (broad SMARTS) is 1. The molecule has 0 aromatic carbocycles. The predicted molar refractivity (Wildman–Crippen MR) is 130 cm³/mol. The first kappa shape index (κ1) is 35.8. The average molecular weight is 634 g/mol. The van der Waals surface area contributed by atoms with Crippen LogP contribution in [0.15, 0.2) is 0 Å². The number of aliphatic hydroxyl groups is 11. The second kappa shape index (κ2) is 14.6. The van der Waals surface area contributed by atoms with Gasteiger partial charge in [-0.1, -0.05) is 0 Å². The molecule has 3 aliphatic rings. The van der Waals surface area contributed by atoms with Gasteiger partial charge in [-0.25, -0.2) is 4.79 Å². The topological polar surface area (TPSA) is 335 Å². The molecule has 0 aliphatic carbocycles. The average Bonchev–Trinajstić information content (AvgIpc) is 2.96. The van der Waals surface area contributed by atoms with E-state index in [1.165, 1.54) is 0 Å². The van der Waals surface area contributed by atoms with Crippen molar-refractivity contribution in [2.75, 3.05) is 19.8 Å². The number of amides is 1. The summed E-state index contributed by atoms with van der Waals surface area (Å²) in [7, 11) is 0. The highest BCUT2D eigenvalue weighted by atomic mass is 16.8. The van der Waals surface area contributed by atoms with E-state index in [0.29, 0.717) is 0 Å². The molecule has 3 aliphatic heterocycles. The number of hydrogen-bond donors (Lipinski definition) is 13. The van der Waals surface area contributed by atoms with Crippen LogP contribution < -0.4 is 5.32 Å². The van der Waals surface area contributed by atoms with E-state index in [9.17, 15) is 70.9 Å². The summed E-state index contributed by atoms with van der Waals surface area (Å²) in [6, 6.07) is -1.54. The van der Waals surface area contributed by atoms with Crippen LogP contribution in [0.2, 0.25) is 0 Å². The zero-order valence-corrected chi connectivity index (χ0v) is 22.7. The molecule has 16 atom stereocenters. The minimum Gasteiger partial charge on any atom is -0.477 e. The van der Waals surface area contributed by atoms with Crippen molar-refractivity contribution in [1.29, 1.82) is 0 Å². The summed E-state index contributed by atoms with van der Waals surface area (Å²) in [6.07, 6.45) is -27.8. The standard InChI is InChI=1S/C23H39NO19/c1-6(28)24-11-7(29)2-23(22(37)38,42-18(11)12(31)8(30)3-25)43-19-13(32)9(4-26)40-21(16(19)35)41-17-10(5-27)39-20(36)15(34)14(17)33/h7-21,25-27,29-36H,2-5H2,1H3,(H,24,28)(H,37,38)/t7?,8-,9?,10?,11-,12-,13?,14?,15?,16?,17?,18?,19?,20?,21?,23+/m1/s1. The van der Waals surface area contributed by atoms with Gasteiger partial charge in [0.25, 0.3) is 5.79 Å². The molecule has 3 rings (SSSR count). The minimum absolute atomic E-state index is 0.749. The van der Waals surface area contributed by atoms with E-state index >= 15 is 0 Å². The lowest BCUT2D eigenvalue weighted by atomic mass is 9.88. The number of nitrogens with one attached hydrogen (secondary N) is 1. The second-order valence-corrected chi connectivity index (χ2v) is 10.5. The molecule has 0 bridgehead atoms. The Balaban J connectivity index is 1.94. The van der Waals surface area contributed by atoms with Gasteiger partial charge in [-0.3, -0.25) is 4.79 Å². The molecule has 20 heteroatoms. The highest BCUT2D eigenvalue weighted by molar-refractivity contribution is 5.76. The molecule has 0 radical (unpaired) electrons. The molecule has 12 unspecified atom stereocenters. The third-order valence-electron chi connectivity index (χ3n) is 7.47. The lowest BCUT2D eigenvalue weighted by Gasteiger charge is -2.50. The molecule has 0 saturated carbocycles. The summed E-state index contributed by atoms with van der Waals surface area (Å²) in [5, 5.41) is 124. The Morgan fingerprint density at radius 2 is 1.53 bits per heavy atom. The molecule has 0 aromatic heterocycles. The monoisotopic (exact) mass is 633 g/mol. The molecular formula is C23H39NO19. The van der Waals surface area contributed by atoms with Crippen molar-refractivity contribution in [1.82, 2.24) is 5.32 Å². The fraction of sp³-hybridized carbons (Fsp3) is 0.913. The zero-order valence-electron chi connectivity index (χ0n) is 22.7. The van der Waals surface area contributed by atoms with E-state index in [4.69, 9.17) is 23.7 Å². The first-order valence-electron chi connectivity index (χ1n) is 13.2. The van der Waals surface area contributed by atoms with Crippen molar-refractivity contribution < 1.29 is 94.6 Å². The molecule has 13 N–H and O–H groups in total. The van der Waals surface area contributed by atoms with Crippen LogP contribution in [0.3, 0.4) is 0 Å². The SMILES string of the molecule is CC(=O)N[C@@H]1C(O)C[C@](OC2C(O)C(CO)OC(OC3C(CO)OC(O)C(O)C3O)C2O)(C(=O)O)OC1[C@H](O)[C@H](O)CO. The summed E-state index contributed by atoms with van der Waals surface area (Å²) >= 11 is 0. The Bertz CT molecular complexity index is 942. The molecule has 250 valence electrons. The van der Waals surface area contributed by atoms with Crippen molar-refractivity contribution >= 4 is 11.9 Å². The summed E-state index contributed by atoms with van der Waals surface area (Å²) in [6.45, 7) is -1.85. The maximum Gasteiger partial charge on any atom is 0.364 e. The van der Waals surface area contributed by atoms with E-state index in [1.807, 2.05) is 0 Å². The first-order chi connectivity index (χ1) is 20.1. The van der Waals surface area contributed by atoms with Crippen LogP contribution in [0.1, 0.15) is 13.3 Å². The van der Waals surface area contributed by atoms with Crippen molar-refractivity contribution in [2.45, 2.75) is 111 Å². The summed E-state index contributed by atoms with van der Waals surface area (Å²) < 4.78 is 26.8. The number of ether oxygens (including phenoxy) is 5. The molecule has 3 fully saturated rings. The maximum atomic E-state index is 12.5. The fourth-order valence-electron chi connectivity index (χ4n) is 5.16. The highest BCUT2D eigenvalue weighted by Crippen LogP contribution is 2.38. The minimum atomic E-state index is -3.02. The van der Waals surface area contributed by atoms with Gasteiger partial charge in [-0.2, -0.15) is 0 Å². The molecule has 0 spiro atoms. The van der Waals surface area contributed by atoms with Crippen molar-refractivity contribution in [2.24, 2.45) is 0 Å². The van der Waals surface area contributed by atoms with Gasteiger partial charge in [-0.05, 0) is 0 Å². The number of carbonyl (C=O) groups excluding carboxylic acids is 1. The number of aliphatic carboxylic acids is 1. The van der Waals surface area contributed by atoms with Crippen LogP contribution in [0.5, 0.6) is 0 Å². The molecule has 43 heavy (non-hydrogen) atoms. The van der Waals surface area contributed by atoms with Gasteiger partial charge < -0.3 is 90.3 Å². The third-order valence-corrected chi connectivity index (χ3v) is 7.47. The molecule has 0 aromatic rings. The number of carboxylic acids is 1. The lowest BCUT2D eigenvalue weighted by molar-refractivity contribution is -0.385. The van der Waals surface area contributed by atoms with Gasteiger partial charge in [0.05, 0.1) is 32.0 Å². The van der Waals surface area contributed by atoms with E-state index in [-0.39, 0.29) is 0 Å². The van der Waals surface area contributed by atoms with Gasteiger partial charge >= 0.3 is 5.97 Å². The van der Waals surface area contributed by atoms with Gasteiger partial charge in [-0.15, -0.1) is 0 Å². The Morgan fingerprint density at radius 3 is 2.07 bits per heavy atom. The van der Waals surface area contributed by atoms with E-state index in [2.05, 4.69) is 5.32 Å². The smallest absolute Gasteiger partial charge is 0.364 e. The predicted octanol–water partition coefficient (Wildman–Crippen LogP) is -8.22. The van der Waals surface area contributed by atoms with Gasteiger partial charge in [0.1, 0.15) is 67.1 Å². The molecular weight excluding hydrogens is 594 g/mol. The van der Waals surface area contributed by atoms with Crippen LogP contribution >= 0.6 is 0 Å². The van der Waals surface area contributed by atoms with Crippen LogP contribution in [-0.2, 0) is 33.3 Å². The highest BCUT2D eigenvalue weighted by Gasteiger charge is 2.60. The van der Waals surface area contributed by atoms with Crippen LogP contribution in [0.25, 0.3) is 0 Å². The Hall–Kier alpha value is -1.70. The summed E-state index contributed by atoms with van der Waals surface area (Å²) in [4.78, 5) is 24.3. The van der Waals surface area contributed by atoms with Gasteiger partial charge in [0, 0.05) is 13.3 Å². The number of hydrogen-bond acceptors (Lipinski definition) is 18. The quantitative estimate of drug-likeness (QED) is 0.100. The van der Waals surface area contributed by atoms with E-state index in [0.717, 1.165) is 6.92 Å². The first-order valence-corrected chi connectivity index (χ1v) is 13.2. The van der Waals surface area contributed by atoms with Crippen molar-refractivity contribution in [3.63, 3.8) is 0 Å². The lowest BCUT2D eigenvalue weighted by Crippen LogP contribution is -2.70. The van der Waals surface area contributed by atoms with Gasteiger partial charge in [0.15, 0.2) is 12.6 Å².